The first-order valence-corrected chi connectivity index (χ1v) is 10.6. The van der Waals surface area contributed by atoms with Gasteiger partial charge in [0.15, 0.2) is 0 Å². The van der Waals surface area contributed by atoms with Crippen molar-refractivity contribution in [3.05, 3.63) is 64.6 Å². The number of aromatic nitrogens is 1. The maximum Gasteiger partial charge on any atom is 0.323 e. The summed E-state index contributed by atoms with van der Waals surface area (Å²) in [4.78, 5) is 23.7. The molecule has 0 unspecified atom stereocenters. The molecule has 10 nitrogen and oxygen atoms in total. The molecule has 0 amide bonds. The number of nitrogens with zero attached hydrogens (tertiary/aromatic N) is 1. The molecule has 0 radical (unpaired) electrons. The van der Waals surface area contributed by atoms with E-state index >= 15 is 0 Å². The van der Waals surface area contributed by atoms with E-state index in [-0.39, 0.29) is 0 Å². The lowest BCUT2D eigenvalue weighted by Gasteiger charge is -2.39. The molecule has 2 heterocycles. The van der Waals surface area contributed by atoms with Gasteiger partial charge >= 0.3 is 5.97 Å². The molecular formula is C24H25NO9. The maximum absolute atomic E-state index is 12.7. The van der Waals surface area contributed by atoms with Gasteiger partial charge in [-0.05, 0) is 53.3 Å². The second-order valence-electron chi connectivity index (χ2n) is 8.24. The molecule has 0 aliphatic carbocycles. The molecule has 5 atom stereocenters. The Bertz CT molecular complexity index is 1270. The smallest absolute Gasteiger partial charge is 0.323 e. The molecule has 1 aromatic heterocycles. The molecule has 0 spiro atoms. The van der Waals surface area contributed by atoms with Crippen LogP contribution in [0.2, 0.25) is 0 Å². The number of aliphatic hydroxyl groups is 4. The van der Waals surface area contributed by atoms with Crippen LogP contribution >= 0.6 is 0 Å². The van der Waals surface area contributed by atoms with Crippen LogP contribution in [-0.2, 0) is 16.1 Å². The van der Waals surface area contributed by atoms with Crippen LogP contribution in [0, 0.1) is 6.92 Å². The Balaban J connectivity index is 1.61. The molecular weight excluding hydrogens is 446 g/mol. The lowest BCUT2D eigenvalue weighted by Crippen LogP contribution is -2.60. The standard InChI is InChI=1S/C24H25NO9/c1-12-8-14(4-5-17(12)33-24-22(31)21(30)20(29)18(11-26)34-24)15-3-2-13-6-7-25(10-19(27)28)23(32)16(13)9-15/h2-9,18,20-22,24,26,29-31H,10-11H2,1H3,(H,27,28)/t18-,20+,21-,22+,24-/m0/s1. The summed E-state index contributed by atoms with van der Waals surface area (Å²) in [6.07, 6.45) is -5.47. The molecule has 0 bridgehead atoms. The van der Waals surface area contributed by atoms with E-state index in [2.05, 4.69) is 0 Å². The normalized spacial score (nSPS) is 24.8. The molecule has 10 heteroatoms. The number of benzene rings is 2. The summed E-state index contributed by atoms with van der Waals surface area (Å²) in [5.41, 5.74) is 1.78. The van der Waals surface area contributed by atoms with Crippen LogP contribution in [0.5, 0.6) is 5.75 Å². The third-order valence-electron chi connectivity index (χ3n) is 5.88. The highest BCUT2D eigenvalue weighted by Crippen LogP contribution is 2.30. The number of fused-ring (bicyclic) bond motifs is 1. The topological polar surface area (TPSA) is 159 Å². The zero-order chi connectivity index (χ0) is 24.6. The van der Waals surface area contributed by atoms with E-state index in [1.165, 1.54) is 6.20 Å². The first kappa shape index (κ1) is 23.9. The van der Waals surface area contributed by atoms with Crippen molar-refractivity contribution < 1.29 is 39.8 Å². The summed E-state index contributed by atoms with van der Waals surface area (Å²) >= 11 is 0. The van der Waals surface area contributed by atoms with Gasteiger partial charge in [0.05, 0.1) is 6.61 Å². The third-order valence-corrected chi connectivity index (χ3v) is 5.88. The zero-order valence-corrected chi connectivity index (χ0v) is 18.2. The summed E-state index contributed by atoms with van der Waals surface area (Å²) in [6.45, 7) is 0.782. The lowest BCUT2D eigenvalue weighted by molar-refractivity contribution is -0.277. The summed E-state index contributed by atoms with van der Waals surface area (Å²) in [6, 6.07) is 12.2. The van der Waals surface area contributed by atoms with E-state index in [0.29, 0.717) is 22.1 Å². The highest BCUT2D eigenvalue weighted by molar-refractivity contribution is 5.87. The van der Waals surface area contributed by atoms with Crippen molar-refractivity contribution in [3.8, 4) is 16.9 Å². The Labute approximate surface area is 193 Å². The van der Waals surface area contributed by atoms with Gasteiger partial charge in [-0.2, -0.15) is 0 Å². The second kappa shape index (κ2) is 9.53. The molecule has 34 heavy (non-hydrogen) atoms. The van der Waals surface area contributed by atoms with Crippen molar-refractivity contribution in [3.63, 3.8) is 0 Å². The Kier molecular flexibility index (Phi) is 6.69. The third kappa shape index (κ3) is 4.54. The van der Waals surface area contributed by atoms with E-state index < -0.39 is 55.4 Å². The second-order valence-corrected chi connectivity index (χ2v) is 8.24. The van der Waals surface area contributed by atoms with Crippen LogP contribution in [0.15, 0.2) is 53.5 Å². The highest BCUT2D eigenvalue weighted by Gasteiger charge is 2.44. The van der Waals surface area contributed by atoms with Gasteiger partial charge in [0, 0.05) is 11.6 Å². The average molecular weight is 471 g/mol. The first-order chi connectivity index (χ1) is 16.2. The average Bonchev–Trinajstić information content (AvgIpc) is 2.82. The van der Waals surface area contributed by atoms with Gasteiger partial charge in [0.25, 0.3) is 5.56 Å². The number of carboxylic acids is 1. The molecule has 1 fully saturated rings. The minimum absolute atomic E-state index is 0.359. The van der Waals surface area contributed by atoms with E-state index in [9.17, 15) is 30.0 Å². The Morgan fingerprint density at radius 3 is 2.41 bits per heavy atom. The zero-order valence-electron chi connectivity index (χ0n) is 18.2. The molecule has 180 valence electrons. The van der Waals surface area contributed by atoms with Crippen LogP contribution in [0.3, 0.4) is 0 Å². The predicted molar refractivity (Wildman–Crippen MR) is 120 cm³/mol. The van der Waals surface area contributed by atoms with Crippen molar-refractivity contribution in [1.29, 1.82) is 0 Å². The molecule has 4 rings (SSSR count). The van der Waals surface area contributed by atoms with E-state index in [0.717, 1.165) is 15.7 Å². The van der Waals surface area contributed by atoms with Crippen molar-refractivity contribution >= 4 is 16.7 Å². The number of rotatable bonds is 6. The number of aliphatic hydroxyl groups excluding tert-OH is 4. The molecule has 1 saturated heterocycles. The largest absolute Gasteiger partial charge is 0.480 e. The number of hydrogen-bond acceptors (Lipinski definition) is 8. The summed E-state index contributed by atoms with van der Waals surface area (Å²) in [7, 11) is 0. The fourth-order valence-electron chi connectivity index (χ4n) is 3.98. The predicted octanol–water partition coefficient (Wildman–Crippen LogP) is 0.240. The van der Waals surface area contributed by atoms with Crippen LogP contribution in [0.1, 0.15) is 5.56 Å². The highest BCUT2D eigenvalue weighted by atomic mass is 16.7. The van der Waals surface area contributed by atoms with E-state index in [4.69, 9.17) is 14.6 Å². The molecule has 2 aromatic carbocycles. The Hall–Kier alpha value is -3.28. The van der Waals surface area contributed by atoms with Gasteiger partial charge < -0.3 is 39.6 Å². The maximum atomic E-state index is 12.7. The molecule has 5 N–H and O–H groups in total. The molecule has 3 aromatic rings. The van der Waals surface area contributed by atoms with Crippen molar-refractivity contribution in [2.24, 2.45) is 0 Å². The summed E-state index contributed by atoms with van der Waals surface area (Å²) < 4.78 is 12.2. The molecule has 0 saturated carbocycles. The monoisotopic (exact) mass is 471 g/mol. The van der Waals surface area contributed by atoms with Crippen molar-refractivity contribution in [1.82, 2.24) is 4.57 Å². The number of aliphatic carboxylic acids is 1. The number of pyridine rings is 1. The van der Waals surface area contributed by atoms with Gasteiger partial charge in [-0.3, -0.25) is 9.59 Å². The minimum atomic E-state index is -1.54. The van der Waals surface area contributed by atoms with E-state index in [1.54, 1.807) is 43.3 Å². The molecule has 1 aliphatic rings. The van der Waals surface area contributed by atoms with Gasteiger partial charge in [-0.1, -0.05) is 18.2 Å². The number of carbonyl (C=O) groups is 1. The van der Waals surface area contributed by atoms with Crippen LogP contribution in [-0.4, -0.2) is 73.4 Å². The number of hydrogen-bond donors (Lipinski definition) is 5. The van der Waals surface area contributed by atoms with Crippen molar-refractivity contribution in [2.45, 2.75) is 44.2 Å². The first-order valence-electron chi connectivity index (χ1n) is 10.6. The van der Waals surface area contributed by atoms with E-state index in [1.807, 2.05) is 6.07 Å². The fourth-order valence-corrected chi connectivity index (χ4v) is 3.98. The number of carboxylic acid groups (broad SMARTS) is 1. The summed E-state index contributed by atoms with van der Waals surface area (Å²) in [5, 5.41) is 49.5. The quantitative estimate of drug-likeness (QED) is 0.339. The van der Waals surface area contributed by atoms with Gasteiger partial charge in [-0.15, -0.1) is 0 Å². The number of aryl methyl sites for hydroxylation is 1. The van der Waals surface area contributed by atoms with Gasteiger partial charge in [0.1, 0.15) is 36.7 Å². The van der Waals surface area contributed by atoms with Gasteiger partial charge in [0.2, 0.25) is 6.29 Å². The minimum Gasteiger partial charge on any atom is -0.480 e. The Morgan fingerprint density at radius 2 is 1.74 bits per heavy atom. The summed E-state index contributed by atoms with van der Waals surface area (Å²) in [5.74, 6) is -0.749. The SMILES string of the molecule is Cc1cc(-c2ccc3ccn(CC(=O)O)c(=O)c3c2)ccc1O[C@H]1O[C@@H](CO)[C@@H](O)[C@H](O)[C@H]1O. The van der Waals surface area contributed by atoms with Crippen LogP contribution in [0.4, 0.5) is 0 Å². The fraction of sp³-hybridized carbons (Fsp3) is 0.333. The van der Waals surface area contributed by atoms with Crippen LogP contribution in [0.25, 0.3) is 21.9 Å². The van der Waals surface area contributed by atoms with Crippen LogP contribution < -0.4 is 10.3 Å². The number of ether oxygens (including phenoxy) is 2. The van der Waals surface area contributed by atoms with Gasteiger partial charge in [-0.25, -0.2) is 0 Å². The Morgan fingerprint density at radius 1 is 1.03 bits per heavy atom. The molecule has 1 aliphatic heterocycles. The van der Waals surface area contributed by atoms with Crippen molar-refractivity contribution in [2.75, 3.05) is 6.61 Å². The lowest BCUT2D eigenvalue weighted by atomic mass is 9.99.